The van der Waals surface area contributed by atoms with E-state index in [1.54, 1.807) is 4.90 Å². The zero-order valence-corrected chi connectivity index (χ0v) is 11.5. The highest BCUT2D eigenvalue weighted by molar-refractivity contribution is 5.92. The number of carbonyl (C=O) groups is 1. The fraction of sp³-hybridized carbons (Fsp3) is 0.643. The lowest BCUT2D eigenvalue weighted by molar-refractivity contribution is 0.0176. The molecule has 6 nitrogen and oxygen atoms in total. The van der Waals surface area contributed by atoms with Crippen molar-refractivity contribution in [3.8, 4) is 0 Å². The van der Waals surface area contributed by atoms with E-state index in [-0.39, 0.29) is 23.2 Å². The Hall–Kier alpha value is -1.69. The van der Waals surface area contributed by atoms with Crippen molar-refractivity contribution in [2.45, 2.75) is 50.7 Å². The number of aromatic nitrogens is 2. The summed E-state index contributed by atoms with van der Waals surface area (Å²) < 4.78 is 0. The van der Waals surface area contributed by atoms with E-state index in [9.17, 15) is 14.7 Å². The van der Waals surface area contributed by atoms with E-state index in [0.29, 0.717) is 24.7 Å². The third kappa shape index (κ3) is 2.47. The Morgan fingerprint density at radius 3 is 2.90 bits per heavy atom. The highest BCUT2D eigenvalue weighted by Crippen LogP contribution is 2.37. The molecule has 1 aliphatic heterocycles. The second kappa shape index (κ2) is 5.01. The zero-order valence-electron chi connectivity index (χ0n) is 11.5. The van der Waals surface area contributed by atoms with E-state index in [1.807, 2.05) is 6.92 Å². The van der Waals surface area contributed by atoms with Crippen LogP contribution in [0, 0.1) is 0 Å². The number of aliphatic hydroxyl groups excluding tert-OH is 1. The van der Waals surface area contributed by atoms with Crippen molar-refractivity contribution in [2.75, 3.05) is 6.54 Å². The lowest BCUT2D eigenvalue weighted by atomic mass is 10.00. The van der Waals surface area contributed by atoms with E-state index < -0.39 is 6.10 Å². The number of carbonyl (C=O) groups excluding carboxylic acids is 1. The molecule has 2 heterocycles. The number of H-pyrrole nitrogens is 1. The molecule has 2 N–H and O–H groups in total. The quantitative estimate of drug-likeness (QED) is 0.830. The molecule has 20 heavy (non-hydrogen) atoms. The summed E-state index contributed by atoms with van der Waals surface area (Å²) in [6.07, 6.45) is 3.01. The second-order valence-corrected chi connectivity index (χ2v) is 5.74. The molecule has 1 amide bonds. The number of amides is 1. The average Bonchev–Trinajstić information content (AvgIpc) is 3.25. The van der Waals surface area contributed by atoms with Gasteiger partial charge in [-0.3, -0.25) is 9.59 Å². The van der Waals surface area contributed by atoms with Gasteiger partial charge in [-0.15, -0.1) is 0 Å². The third-order valence-corrected chi connectivity index (χ3v) is 4.15. The van der Waals surface area contributed by atoms with Crippen LogP contribution in [0.5, 0.6) is 0 Å². The smallest absolute Gasteiger partial charge is 0.273 e. The van der Waals surface area contributed by atoms with Crippen molar-refractivity contribution in [1.82, 2.24) is 14.9 Å². The average molecular weight is 277 g/mol. The van der Waals surface area contributed by atoms with Gasteiger partial charge in [-0.2, -0.15) is 0 Å². The van der Waals surface area contributed by atoms with Crippen molar-refractivity contribution in [2.24, 2.45) is 0 Å². The molecule has 2 atom stereocenters. The predicted octanol–water partition coefficient (Wildman–Crippen LogP) is 0.633. The van der Waals surface area contributed by atoms with E-state index in [0.717, 1.165) is 19.3 Å². The van der Waals surface area contributed by atoms with Crippen LogP contribution in [0.2, 0.25) is 0 Å². The summed E-state index contributed by atoms with van der Waals surface area (Å²) in [6.45, 7) is 2.43. The van der Waals surface area contributed by atoms with Gasteiger partial charge in [-0.1, -0.05) is 0 Å². The maximum absolute atomic E-state index is 12.5. The van der Waals surface area contributed by atoms with Crippen molar-refractivity contribution in [3.05, 3.63) is 27.9 Å². The van der Waals surface area contributed by atoms with Gasteiger partial charge in [-0.05, 0) is 32.6 Å². The maximum Gasteiger partial charge on any atom is 0.273 e. The molecule has 1 saturated heterocycles. The van der Waals surface area contributed by atoms with Gasteiger partial charge in [-0.25, -0.2) is 4.98 Å². The first-order valence-electron chi connectivity index (χ1n) is 7.16. The number of aromatic amines is 1. The van der Waals surface area contributed by atoms with Gasteiger partial charge in [0.25, 0.3) is 11.5 Å². The topological polar surface area (TPSA) is 86.3 Å². The fourth-order valence-corrected chi connectivity index (χ4v) is 2.69. The first-order valence-corrected chi connectivity index (χ1v) is 7.16. The van der Waals surface area contributed by atoms with Crippen LogP contribution in [-0.2, 0) is 0 Å². The van der Waals surface area contributed by atoms with Crippen molar-refractivity contribution < 1.29 is 9.90 Å². The van der Waals surface area contributed by atoms with Crippen LogP contribution < -0.4 is 5.56 Å². The first kappa shape index (κ1) is 13.3. The van der Waals surface area contributed by atoms with Crippen LogP contribution in [0.1, 0.15) is 54.8 Å². The summed E-state index contributed by atoms with van der Waals surface area (Å²) in [5.74, 6) is 0.648. The minimum absolute atomic E-state index is 0.191. The Kier molecular flexibility index (Phi) is 3.33. The largest absolute Gasteiger partial charge is 0.391 e. The number of nitrogens with one attached hydrogen (secondary N) is 1. The van der Waals surface area contributed by atoms with Crippen LogP contribution in [0.3, 0.4) is 0 Å². The normalized spacial score (nSPS) is 26.6. The number of hydrogen-bond donors (Lipinski definition) is 2. The maximum atomic E-state index is 12.5. The number of nitrogens with zero attached hydrogens (tertiary/aromatic N) is 2. The Balaban J connectivity index is 1.88. The molecule has 1 aromatic rings. The van der Waals surface area contributed by atoms with Gasteiger partial charge in [0.15, 0.2) is 0 Å². The molecule has 0 unspecified atom stereocenters. The highest BCUT2D eigenvalue weighted by atomic mass is 16.3. The van der Waals surface area contributed by atoms with E-state index in [4.69, 9.17) is 0 Å². The Labute approximate surface area is 116 Å². The second-order valence-electron chi connectivity index (χ2n) is 5.74. The summed E-state index contributed by atoms with van der Waals surface area (Å²) in [5.41, 5.74) is -0.0907. The van der Waals surface area contributed by atoms with Crippen LogP contribution in [-0.4, -0.2) is 44.6 Å². The minimum Gasteiger partial charge on any atom is -0.391 e. The van der Waals surface area contributed by atoms with Crippen molar-refractivity contribution >= 4 is 5.91 Å². The first-order chi connectivity index (χ1) is 9.56. The van der Waals surface area contributed by atoms with Crippen LogP contribution in [0.15, 0.2) is 10.9 Å². The van der Waals surface area contributed by atoms with Gasteiger partial charge < -0.3 is 15.0 Å². The predicted molar refractivity (Wildman–Crippen MR) is 72.6 cm³/mol. The molecule has 0 aromatic carbocycles. The van der Waals surface area contributed by atoms with E-state index in [1.165, 1.54) is 6.07 Å². The minimum atomic E-state index is -0.502. The van der Waals surface area contributed by atoms with E-state index >= 15 is 0 Å². The molecule has 1 aromatic heterocycles. The molecule has 108 valence electrons. The van der Waals surface area contributed by atoms with Crippen molar-refractivity contribution in [3.63, 3.8) is 0 Å². The molecule has 1 aliphatic carbocycles. The Morgan fingerprint density at radius 2 is 2.20 bits per heavy atom. The molecular formula is C14H19N3O3. The Bertz CT molecular complexity index is 579. The molecule has 1 saturated carbocycles. The monoisotopic (exact) mass is 277 g/mol. The standard InChI is InChI=1S/C14H19N3O3/c1-8-11(18)3-2-6-17(8)14(20)10-7-12(19)16-13(15-10)9-4-5-9/h7-9,11,18H,2-6H2,1H3,(H,15,16,19)/t8-,11-/m1/s1. The molecule has 2 fully saturated rings. The number of rotatable bonds is 2. The van der Waals surface area contributed by atoms with Crippen LogP contribution in [0.4, 0.5) is 0 Å². The summed E-state index contributed by atoms with van der Waals surface area (Å²) in [4.78, 5) is 32.8. The summed E-state index contributed by atoms with van der Waals surface area (Å²) >= 11 is 0. The molecule has 0 spiro atoms. The molecule has 2 aliphatic rings. The van der Waals surface area contributed by atoms with Gasteiger partial charge in [0, 0.05) is 18.5 Å². The lowest BCUT2D eigenvalue weighted by Gasteiger charge is -2.36. The Morgan fingerprint density at radius 1 is 1.45 bits per heavy atom. The van der Waals surface area contributed by atoms with Crippen LogP contribution in [0.25, 0.3) is 0 Å². The third-order valence-electron chi connectivity index (χ3n) is 4.15. The number of piperidine rings is 1. The highest BCUT2D eigenvalue weighted by Gasteiger charge is 2.32. The van der Waals surface area contributed by atoms with Gasteiger partial charge in [0.1, 0.15) is 11.5 Å². The van der Waals surface area contributed by atoms with E-state index in [2.05, 4.69) is 9.97 Å². The molecule has 3 rings (SSSR count). The lowest BCUT2D eigenvalue weighted by Crippen LogP contribution is -2.49. The molecule has 0 radical (unpaired) electrons. The summed E-state index contributed by atoms with van der Waals surface area (Å²) in [6, 6.07) is 1.02. The number of aliphatic hydroxyl groups is 1. The summed E-state index contributed by atoms with van der Waals surface area (Å²) in [5, 5.41) is 9.87. The summed E-state index contributed by atoms with van der Waals surface area (Å²) in [7, 11) is 0. The number of hydrogen-bond acceptors (Lipinski definition) is 4. The molecular weight excluding hydrogens is 258 g/mol. The zero-order chi connectivity index (χ0) is 14.3. The van der Waals surface area contributed by atoms with Crippen molar-refractivity contribution in [1.29, 1.82) is 0 Å². The van der Waals surface area contributed by atoms with Gasteiger partial charge in [0.2, 0.25) is 0 Å². The van der Waals surface area contributed by atoms with Gasteiger partial charge in [0.05, 0.1) is 12.1 Å². The SMILES string of the molecule is C[C@@H]1[C@H](O)CCCN1C(=O)c1cc(=O)[nH]c(C2CC2)n1. The van der Waals surface area contributed by atoms with Crippen LogP contribution >= 0.6 is 0 Å². The molecule has 6 heteroatoms. The van der Waals surface area contributed by atoms with Gasteiger partial charge >= 0.3 is 0 Å². The molecule has 0 bridgehead atoms. The number of likely N-dealkylation sites (tertiary alicyclic amines) is 1. The fourth-order valence-electron chi connectivity index (χ4n) is 2.69.